The van der Waals surface area contributed by atoms with Crippen LogP contribution in [0.1, 0.15) is 82.7 Å². The van der Waals surface area contributed by atoms with Gasteiger partial charge >= 0.3 is 12.1 Å². The van der Waals surface area contributed by atoms with E-state index < -0.39 is 48.6 Å². The van der Waals surface area contributed by atoms with Gasteiger partial charge in [-0.1, -0.05) is 31.4 Å². The van der Waals surface area contributed by atoms with Gasteiger partial charge in [0.05, 0.1) is 6.61 Å². The van der Waals surface area contributed by atoms with Crippen LogP contribution in [0.4, 0.5) is 4.79 Å². The Hall–Kier alpha value is -3.11. The van der Waals surface area contributed by atoms with Crippen molar-refractivity contribution < 1.29 is 28.0 Å². The average molecular weight is 484 g/mol. The standard InChI is InChI=1S/C23H40N6O5/c1-23(2,3)34-22(32)28-21-26-17(30)15-13-11-9-7-5-6-8-10-12-14-16-33-19(31)18(29(21)4)27-20(24)25/h8,10,18H,5-7,9,11-16H2,1-4H3,(H4,24,25,27)(H,26,28,30,32)/b10-8-/i4D3. The predicted molar refractivity (Wildman–Crippen MR) is 131 cm³/mol. The fourth-order valence-corrected chi connectivity index (χ4v) is 2.94. The van der Waals surface area contributed by atoms with Gasteiger partial charge in [-0.05, 0) is 52.9 Å². The van der Waals surface area contributed by atoms with Gasteiger partial charge in [0, 0.05) is 17.5 Å². The van der Waals surface area contributed by atoms with Crippen LogP contribution < -0.4 is 16.8 Å². The molecule has 2 amide bonds. The van der Waals surface area contributed by atoms with Crippen LogP contribution in [-0.4, -0.2) is 60.1 Å². The summed E-state index contributed by atoms with van der Waals surface area (Å²) in [6, 6.07) is 0. The molecule has 1 heterocycles. The number of nitrogens with zero attached hydrogens (tertiary/aromatic N) is 3. The molecule has 1 atom stereocenters. The van der Waals surface area contributed by atoms with E-state index >= 15 is 0 Å². The van der Waals surface area contributed by atoms with Gasteiger partial charge in [-0.3, -0.25) is 10.1 Å². The Bertz CT molecular complexity index is 864. The lowest BCUT2D eigenvalue weighted by Gasteiger charge is -2.27. The fourth-order valence-electron chi connectivity index (χ4n) is 2.94. The molecule has 0 aromatic heterocycles. The SMILES string of the molecule is [2H]C([2H])([2H])N1/C(=N/C(=O)OC(C)(C)C)NC(=O)CCCCCCC/C=C\CCCOC(=O)C1N=C(N)N. The van der Waals surface area contributed by atoms with E-state index in [2.05, 4.69) is 21.4 Å². The Labute approximate surface area is 206 Å². The van der Waals surface area contributed by atoms with Crippen LogP contribution in [0, 0.1) is 0 Å². The van der Waals surface area contributed by atoms with Crippen LogP contribution in [0.25, 0.3) is 0 Å². The van der Waals surface area contributed by atoms with Crippen molar-refractivity contribution in [2.45, 2.75) is 90.3 Å². The zero-order valence-electron chi connectivity index (χ0n) is 23.3. The second-order valence-electron chi connectivity index (χ2n) is 8.85. The van der Waals surface area contributed by atoms with Gasteiger partial charge in [0.25, 0.3) is 0 Å². The molecule has 0 aromatic rings. The van der Waals surface area contributed by atoms with Crippen molar-refractivity contribution in [1.29, 1.82) is 0 Å². The number of allylic oxidation sites excluding steroid dienone is 2. The van der Waals surface area contributed by atoms with E-state index in [9.17, 15) is 14.4 Å². The van der Waals surface area contributed by atoms with Crippen molar-refractivity contribution >= 4 is 29.9 Å². The zero-order chi connectivity index (χ0) is 28.1. The van der Waals surface area contributed by atoms with Gasteiger partial charge in [-0.2, -0.15) is 0 Å². The molecule has 0 aliphatic carbocycles. The van der Waals surface area contributed by atoms with Crippen molar-refractivity contribution in [3.05, 3.63) is 12.2 Å². The molecule has 0 bridgehead atoms. The number of ether oxygens (including phenoxy) is 2. The molecule has 1 unspecified atom stereocenters. The molecule has 1 rings (SSSR count). The average Bonchev–Trinajstić information content (AvgIpc) is 2.73. The van der Waals surface area contributed by atoms with Crippen molar-refractivity contribution in [2.24, 2.45) is 21.5 Å². The highest BCUT2D eigenvalue weighted by Gasteiger charge is 2.29. The highest BCUT2D eigenvalue weighted by Crippen LogP contribution is 2.11. The number of hydrogen-bond donors (Lipinski definition) is 3. The number of aliphatic imine (C=N–C) groups is 2. The van der Waals surface area contributed by atoms with Gasteiger partial charge in [-0.15, -0.1) is 4.99 Å². The topological polar surface area (TPSA) is 162 Å². The van der Waals surface area contributed by atoms with E-state index in [-0.39, 0.29) is 13.0 Å². The zero-order valence-corrected chi connectivity index (χ0v) is 20.3. The summed E-state index contributed by atoms with van der Waals surface area (Å²) < 4.78 is 34.5. The first-order valence-electron chi connectivity index (χ1n) is 13.0. The Morgan fingerprint density at radius 1 is 1.15 bits per heavy atom. The number of hydrogen-bond acceptors (Lipinski definition) is 6. The van der Waals surface area contributed by atoms with E-state index in [0.29, 0.717) is 24.2 Å². The number of amides is 2. The van der Waals surface area contributed by atoms with Gasteiger partial charge < -0.3 is 25.8 Å². The monoisotopic (exact) mass is 483 g/mol. The van der Waals surface area contributed by atoms with Crippen LogP contribution in [0.5, 0.6) is 0 Å². The summed E-state index contributed by atoms with van der Waals surface area (Å²) >= 11 is 0. The number of rotatable bonds is 1. The summed E-state index contributed by atoms with van der Waals surface area (Å²) in [7, 11) is 0. The van der Waals surface area contributed by atoms with Crippen LogP contribution in [0.3, 0.4) is 0 Å². The third-order valence-electron chi connectivity index (χ3n) is 4.50. The fraction of sp³-hybridized carbons (Fsp3) is 0.696. The Kier molecular flexibility index (Phi) is 10.5. The minimum atomic E-state index is -3.13. The summed E-state index contributed by atoms with van der Waals surface area (Å²) in [6.45, 7) is 1.61. The number of carbonyl (C=O) groups excluding carboxylic acids is 3. The van der Waals surface area contributed by atoms with Crippen LogP contribution in [0.15, 0.2) is 22.1 Å². The summed E-state index contributed by atoms with van der Waals surface area (Å²) in [5.41, 5.74) is 9.99. The first-order valence-corrected chi connectivity index (χ1v) is 11.5. The van der Waals surface area contributed by atoms with Gasteiger partial charge in [0.15, 0.2) is 5.96 Å². The molecule has 0 saturated carbocycles. The third kappa shape index (κ3) is 12.8. The molecule has 192 valence electrons. The molecule has 0 aromatic carbocycles. The Morgan fingerprint density at radius 3 is 2.44 bits per heavy atom. The third-order valence-corrected chi connectivity index (χ3v) is 4.50. The normalized spacial score (nSPS) is 24.1. The Morgan fingerprint density at radius 2 is 1.79 bits per heavy atom. The lowest BCUT2D eigenvalue weighted by Crippen LogP contribution is -2.51. The van der Waals surface area contributed by atoms with E-state index in [1.165, 1.54) is 0 Å². The van der Waals surface area contributed by atoms with Crippen LogP contribution >= 0.6 is 0 Å². The largest absolute Gasteiger partial charge is 0.463 e. The number of carbonyl (C=O) groups is 3. The molecule has 1 aliphatic rings. The van der Waals surface area contributed by atoms with Crippen molar-refractivity contribution in [1.82, 2.24) is 10.2 Å². The predicted octanol–water partition coefficient (Wildman–Crippen LogP) is 2.55. The first-order chi connectivity index (χ1) is 17.2. The lowest BCUT2D eigenvalue weighted by molar-refractivity contribution is -0.148. The summed E-state index contributed by atoms with van der Waals surface area (Å²) in [5, 5.41) is 2.34. The number of cyclic esters (lactones) is 1. The second-order valence-corrected chi connectivity index (χ2v) is 8.85. The number of esters is 1. The minimum Gasteiger partial charge on any atom is -0.463 e. The number of nitrogens with two attached hydrogens (primary N) is 2. The number of guanidine groups is 2. The van der Waals surface area contributed by atoms with E-state index in [4.69, 9.17) is 25.1 Å². The van der Waals surface area contributed by atoms with Crippen molar-refractivity contribution in [3.63, 3.8) is 0 Å². The maximum Gasteiger partial charge on any atom is 0.437 e. The molecule has 0 fully saturated rings. The Balaban J connectivity index is 3.47. The number of nitrogens with one attached hydrogen (secondary N) is 1. The summed E-state index contributed by atoms with van der Waals surface area (Å²) in [5.74, 6) is -3.07. The molecule has 11 nitrogen and oxygen atoms in total. The van der Waals surface area contributed by atoms with E-state index in [1.807, 2.05) is 6.08 Å². The van der Waals surface area contributed by atoms with Gasteiger partial charge in [0.2, 0.25) is 18.0 Å². The molecular weight excluding hydrogens is 440 g/mol. The maximum atomic E-state index is 13.0. The smallest absolute Gasteiger partial charge is 0.437 e. The van der Waals surface area contributed by atoms with E-state index in [1.54, 1.807) is 20.8 Å². The molecule has 5 N–H and O–H groups in total. The molecular formula is C23H40N6O5. The van der Waals surface area contributed by atoms with Crippen molar-refractivity contribution in [2.75, 3.05) is 13.6 Å². The van der Waals surface area contributed by atoms with Crippen molar-refractivity contribution in [3.8, 4) is 0 Å². The highest BCUT2D eigenvalue weighted by molar-refractivity contribution is 6.02. The maximum absolute atomic E-state index is 13.0. The first kappa shape index (κ1) is 24.0. The molecule has 34 heavy (non-hydrogen) atoms. The quantitative estimate of drug-likeness (QED) is 0.222. The molecule has 0 saturated heterocycles. The highest BCUT2D eigenvalue weighted by atomic mass is 16.6. The van der Waals surface area contributed by atoms with Gasteiger partial charge in [0.1, 0.15) is 5.60 Å². The molecule has 1 aliphatic heterocycles. The van der Waals surface area contributed by atoms with Crippen LogP contribution in [-0.2, 0) is 19.1 Å². The minimum absolute atomic E-state index is 0.0284. The van der Waals surface area contributed by atoms with E-state index in [0.717, 1.165) is 32.1 Å². The summed E-state index contributed by atoms with van der Waals surface area (Å²) in [6.07, 6.45) is 7.36. The second kappa shape index (κ2) is 14.9. The van der Waals surface area contributed by atoms with Gasteiger partial charge in [-0.25, -0.2) is 14.6 Å². The summed E-state index contributed by atoms with van der Waals surface area (Å²) in [4.78, 5) is 45.9. The lowest BCUT2D eigenvalue weighted by atomic mass is 10.1. The molecule has 11 heteroatoms. The number of likely N-dealkylation sites (N-methyl/N-ethyl adjacent to an activating group) is 1. The molecule has 0 radical (unpaired) electrons. The van der Waals surface area contributed by atoms with Crippen LogP contribution in [0.2, 0.25) is 0 Å². The molecule has 0 spiro atoms.